The summed E-state index contributed by atoms with van der Waals surface area (Å²) >= 11 is 0. The lowest BCUT2D eigenvalue weighted by atomic mass is 9.83. The van der Waals surface area contributed by atoms with Gasteiger partial charge >= 0.3 is 0 Å². The molecule has 0 atom stereocenters. The second kappa shape index (κ2) is 42.5. The van der Waals surface area contributed by atoms with E-state index in [1.807, 2.05) is 6.07 Å². The summed E-state index contributed by atoms with van der Waals surface area (Å²) in [5.41, 5.74) is 34.9. The second-order valence-corrected chi connectivity index (χ2v) is 43.8. The molecule has 0 radical (unpaired) electrons. The molecule has 0 bridgehead atoms. The highest BCUT2D eigenvalue weighted by Crippen LogP contribution is 2.41. The Kier molecular flexibility index (Phi) is 30.3. The maximum atomic E-state index is 2.43. The molecule has 0 aliphatic rings. The largest absolute Gasteiger partial charge is 0.335 e. The van der Waals surface area contributed by atoms with E-state index in [-0.39, 0.29) is 38.0 Å². The van der Waals surface area contributed by atoms with Crippen LogP contribution in [0, 0.1) is 0 Å². The quantitative estimate of drug-likeness (QED) is 0.144. The number of aromatic nitrogens is 3. The molecule has 698 valence electrons. The highest BCUT2D eigenvalue weighted by Gasteiger charge is 2.25. The third-order valence-electron chi connectivity index (χ3n) is 26.1. The van der Waals surface area contributed by atoms with Crippen LogP contribution in [0.2, 0.25) is 0 Å². The van der Waals surface area contributed by atoms with E-state index in [2.05, 4.69) is 614 Å². The average molecular weight is 1820 g/mol. The van der Waals surface area contributed by atoms with Crippen molar-refractivity contribution in [2.24, 2.45) is 0 Å². The SMILES string of the molecule is CC(C)(C)c1cc(-c2ccccc2)cc(-c2ccccc2)c1.CC(C)(C)c1ccc(-c2ccccc2)cc1.CC(C)(C)c1ccc2c(c1)c1ccccc1n2-c1ccccc1.CC(C)(C)c1cccc(-c2cccc(-c3ccccc3)c2)c1.CC(C)(C)c1cccc(-c2ccccc2)c1.CC(C)(C)c1cccc(-n2c3ccccc3c3ccccc32)c1.CC(C)(C)n1c2ccccc2c2ccccc21. The molecule has 0 aliphatic heterocycles. The maximum Gasteiger partial charge on any atom is 0.0541 e. The van der Waals surface area contributed by atoms with Gasteiger partial charge in [-0.25, -0.2) is 0 Å². The van der Waals surface area contributed by atoms with Gasteiger partial charge in [0.15, 0.2) is 0 Å². The Hall–Kier alpha value is -14.6. The Morgan fingerprint density at radius 2 is 0.353 bits per heavy atom. The second-order valence-electron chi connectivity index (χ2n) is 43.8. The number of benzene rings is 18. The van der Waals surface area contributed by atoms with Crippen LogP contribution in [-0.4, -0.2) is 13.7 Å². The standard InChI is InChI=1S/2C22H21N.2C22H22.C16H17N.2C16H18/c1-22(2,3)16-9-8-10-17(15-16)23-20-13-6-4-11-18(20)19-12-5-7-14-21(19)23;1-22(2,3)16-13-14-21-19(15-16)18-11-7-8-12-20(18)23(21)17-9-5-4-6-10-17;1-22(2,3)21-15-19(17-10-6-4-7-11-17)14-20(16-21)18-12-8-5-9-13-18;1-22(2,3)21-14-8-13-20(16-21)19-12-7-11-18(15-19)17-9-5-4-6-10-17;1-16(2,3)17-14-10-6-4-8-12(14)13-9-5-7-11-15(13)17;1-16(2,3)15-11-7-10-14(12-15)13-8-5-4-6-9-13;1-16(2,3)15-11-9-14(10-12-15)13-7-5-4-6-8-13/h2*4-15H,1-3H3;2*4-16H,1-3H3;4-11H,1-3H3;2*4-12H,1-3H3. The molecule has 0 saturated carbocycles. The minimum absolute atomic E-state index is 0.0999. The number of hydrogen-bond donors (Lipinski definition) is 0. The first-order valence-corrected chi connectivity index (χ1v) is 49.4. The maximum absolute atomic E-state index is 2.43. The van der Waals surface area contributed by atoms with Gasteiger partial charge in [-0.1, -0.05) is 507 Å². The van der Waals surface area contributed by atoms with Gasteiger partial charge in [-0.15, -0.1) is 0 Å². The van der Waals surface area contributed by atoms with Gasteiger partial charge in [0.05, 0.1) is 22.1 Å². The van der Waals surface area contributed by atoms with Crippen LogP contribution in [0.3, 0.4) is 0 Å². The molecule has 0 N–H and O–H groups in total. The van der Waals surface area contributed by atoms with Gasteiger partial charge in [-0.3, -0.25) is 0 Å². The molecule has 3 heterocycles. The van der Waals surface area contributed by atoms with Crippen molar-refractivity contribution in [1.82, 2.24) is 13.7 Å². The van der Waals surface area contributed by atoms with Crippen LogP contribution in [0.1, 0.15) is 179 Å². The first kappa shape index (κ1) is 98.9. The van der Waals surface area contributed by atoms with E-state index in [1.165, 1.54) is 177 Å². The van der Waals surface area contributed by atoms with Crippen molar-refractivity contribution in [1.29, 1.82) is 0 Å². The lowest BCUT2D eigenvalue weighted by Gasteiger charge is -2.24. The average Bonchev–Trinajstić information content (AvgIpc) is 1.60. The van der Waals surface area contributed by atoms with Crippen molar-refractivity contribution in [3.05, 3.63) is 494 Å². The smallest absolute Gasteiger partial charge is 0.0541 e. The summed E-state index contributed by atoms with van der Waals surface area (Å²) < 4.78 is 7.16. The molecule has 0 unspecified atom stereocenters. The lowest BCUT2D eigenvalue weighted by molar-refractivity contribution is 0.423. The van der Waals surface area contributed by atoms with Gasteiger partial charge in [-0.05, 0) is 232 Å². The predicted molar refractivity (Wildman–Crippen MR) is 607 cm³/mol. The summed E-state index contributed by atoms with van der Waals surface area (Å²) in [5, 5.41) is 7.96. The van der Waals surface area contributed by atoms with E-state index in [0.717, 1.165) is 0 Å². The molecule has 21 aromatic rings. The van der Waals surface area contributed by atoms with Crippen LogP contribution in [-0.2, 0) is 38.0 Å². The van der Waals surface area contributed by atoms with Crippen LogP contribution < -0.4 is 0 Å². The van der Waals surface area contributed by atoms with Crippen molar-refractivity contribution >= 4 is 65.4 Å². The summed E-state index contributed by atoms with van der Waals surface area (Å²) in [7, 11) is 0. The molecule has 3 aromatic heterocycles. The Morgan fingerprint density at radius 1 is 0.129 bits per heavy atom. The van der Waals surface area contributed by atoms with Crippen molar-refractivity contribution in [2.75, 3.05) is 0 Å². The molecule has 3 nitrogen and oxygen atoms in total. The molecule has 0 amide bonds. The zero-order valence-corrected chi connectivity index (χ0v) is 85.7. The number of nitrogens with zero attached hydrogens (tertiary/aromatic N) is 3. The summed E-state index contributed by atoms with van der Waals surface area (Å²) in [4.78, 5) is 0. The molecule has 21 rings (SSSR count). The van der Waals surface area contributed by atoms with Crippen molar-refractivity contribution in [3.63, 3.8) is 0 Å². The van der Waals surface area contributed by atoms with Crippen LogP contribution in [0.4, 0.5) is 0 Å². The zero-order valence-electron chi connectivity index (χ0n) is 85.7. The Labute approximate surface area is 829 Å². The Balaban J connectivity index is 0.000000123. The normalized spacial score (nSPS) is 11.8. The fraction of sp³-hybridized carbons (Fsp3) is 0.206. The first-order chi connectivity index (χ1) is 66.4. The molecule has 18 aromatic carbocycles. The van der Waals surface area contributed by atoms with Crippen LogP contribution in [0.5, 0.6) is 0 Å². The summed E-state index contributed by atoms with van der Waals surface area (Å²) in [6, 6.07) is 165. The molecule has 0 aliphatic carbocycles. The Morgan fingerprint density at radius 3 is 0.727 bits per heavy atom. The third kappa shape index (κ3) is 24.3. The first-order valence-electron chi connectivity index (χ1n) is 49.4. The van der Waals surface area contributed by atoms with Gasteiger partial charge < -0.3 is 13.7 Å². The summed E-state index contributed by atoms with van der Waals surface area (Å²) in [5.74, 6) is 0. The van der Waals surface area contributed by atoms with E-state index in [9.17, 15) is 0 Å². The van der Waals surface area contributed by atoms with E-state index in [4.69, 9.17) is 0 Å². The zero-order chi connectivity index (χ0) is 98.4. The number of fused-ring (bicyclic) bond motifs is 9. The molecular weight excluding hydrogens is 1680 g/mol. The van der Waals surface area contributed by atoms with Crippen molar-refractivity contribution < 1.29 is 0 Å². The van der Waals surface area contributed by atoms with Gasteiger partial charge in [0, 0.05) is 60.3 Å². The number of hydrogen-bond acceptors (Lipinski definition) is 0. The summed E-state index contributed by atoms with van der Waals surface area (Å²) in [6.45, 7) is 47.4. The van der Waals surface area contributed by atoms with Crippen LogP contribution >= 0.6 is 0 Å². The highest BCUT2D eigenvalue weighted by atomic mass is 15.0. The molecular formula is C136H139N3. The minimum Gasteiger partial charge on any atom is -0.335 e. The Bertz CT molecular complexity index is 7460. The third-order valence-corrected chi connectivity index (χ3v) is 26.1. The van der Waals surface area contributed by atoms with E-state index < -0.39 is 0 Å². The van der Waals surface area contributed by atoms with Crippen LogP contribution in [0.15, 0.2) is 461 Å². The van der Waals surface area contributed by atoms with Crippen molar-refractivity contribution in [3.8, 4) is 78.1 Å². The van der Waals surface area contributed by atoms with E-state index in [1.54, 1.807) is 0 Å². The van der Waals surface area contributed by atoms with Crippen molar-refractivity contribution in [2.45, 2.75) is 183 Å². The lowest BCUT2D eigenvalue weighted by Crippen LogP contribution is -2.21. The fourth-order valence-corrected chi connectivity index (χ4v) is 18.2. The van der Waals surface area contributed by atoms with Crippen LogP contribution in [0.25, 0.3) is 144 Å². The van der Waals surface area contributed by atoms with Gasteiger partial charge in [0.2, 0.25) is 0 Å². The summed E-state index contributed by atoms with van der Waals surface area (Å²) in [6.07, 6.45) is 0. The number of para-hydroxylation sites is 6. The molecule has 139 heavy (non-hydrogen) atoms. The van der Waals surface area contributed by atoms with Gasteiger partial charge in [-0.2, -0.15) is 0 Å². The minimum atomic E-state index is 0.0999. The monoisotopic (exact) mass is 1810 g/mol. The fourth-order valence-electron chi connectivity index (χ4n) is 18.2. The van der Waals surface area contributed by atoms with Gasteiger partial charge in [0.25, 0.3) is 0 Å². The van der Waals surface area contributed by atoms with E-state index in [0.29, 0.717) is 0 Å². The number of rotatable bonds is 8. The van der Waals surface area contributed by atoms with Gasteiger partial charge in [0.1, 0.15) is 0 Å². The molecule has 3 heteroatoms. The predicted octanol–water partition coefficient (Wildman–Crippen LogP) is 38.7. The molecule has 0 spiro atoms. The highest BCUT2D eigenvalue weighted by molar-refractivity contribution is 6.11. The molecule has 0 saturated heterocycles. The van der Waals surface area contributed by atoms with E-state index >= 15 is 0 Å². The molecule has 0 fully saturated rings. The topological polar surface area (TPSA) is 14.8 Å².